The molecule has 0 aliphatic rings. The number of benzene rings is 1. The van der Waals surface area contributed by atoms with Crippen molar-refractivity contribution in [3.63, 3.8) is 0 Å². The quantitative estimate of drug-likeness (QED) is 0.545. The van der Waals surface area contributed by atoms with Crippen LogP contribution in [0.2, 0.25) is 0 Å². The fourth-order valence-corrected chi connectivity index (χ4v) is 2.60. The van der Waals surface area contributed by atoms with Crippen molar-refractivity contribution in [3.8, 4) is 0 Å². The van der Waals surface area contributed by atoms with Crippen LogP contribution in [0.4, 0.5) is 0 Å². The Balaban J connectivity index is 2.42. The van der Waals surface area contributed by atoms with Gasteiger partial charge < -0.3 is 9.14 Å². The van der Waals surface area contributed by atoms with Crippen LogP contribution in [0.1, 0.15) is 34.7 Å². The van der Waals surface area contributed by atoms with E-state index in [0.29, 0.717) is 17.9 Å². The van der Waals surface area contributed by atoms with Crippen molar-refractivity contribution in [2.24, 2.45) is 0 Å². The number of rotatable bonds is 3. The van der Waals surface area contributed by atoms with Crippen molar-refractivity contribution >= 4 is 28.0 Å². The summed E-state index contributed by atoms with van der Waals surface area (Å²) in [5.74, 6) is -0.491. The summed E-state index contributed by atoms with van der Waals surface area (Å²) < 4.78 is 6.88. The Morgan fingerprint density at radius 1 is 1.19 bits per heavy atom. The zero-order valence-electron chi connectivity index (χ0n) is 11.9. The van der Waals surface area contributed by atoms with Gasteiger partial charge >= 0.3 is 5.97 Å². The van der Waals surface area contributed by atoms with Crippen molar-refractivity contribution in [2.75, 3.05) is 6.61 Å². The number of esters is 1. The lowest BCUT2D eigenvalue weighted by atomic mass is 10.1. The summed E-state index contributed by atoms with van der Waals surface area (Å²) >= 11 is 0. The van der Waals surface area contributed by atoms with Crippen LogP contribution < -0.4 is 0 Å². The van der Waals surface area contributed by atoms with Gasteiger partial charge in [-0.1, -0.05) is 24.3 Å². The SMILES string of the molecule is CCOC(=O)c1cc(C(C)=O)n2ccc3ccccc3c12. The summed E-state index contributed by atoms with van der Waals surface area (Å²) in [7, 11) is 0. The van der Waals surface area contributed by atoms with E-state index >= 15 is 0 Å². The van der Waals surface area contributed by atoms with E-state index in [1.54, 1.807) is 17.4 Å². The van der Waals surface area contributed by atoms with Crippen molar-refractivity contribution < 1.29 is 14.3 Å². The van der Waals surface area contributed by atoms with E-state index in [4.69, 9.17) is 4.74 Å². The van der Waals surface area contributed by atoms with Crippen LogP contribution in [0, 0.1) is 0 Å². The molecule has 2 heterocycles. The van der Waals surface area contributed by atoms with Gasteiger partial charge in [-0.25, -0.2) is 4.79 Å². The first-order chi connectivity index (χ1) is 10.1. The number of aromatic nitrogens is 1. The molecule has 0 saturated heterocycles. The Morgan fingerprint density at radius 2 is 1.95 bits per heavy atom. The number of hydrogen-bond acceptors (Lipinski definition) is 3. The van der Waals surface area contributed by atoms with Crippen LogP contribution in [0.25, 0.3) is 16.3 Å². The first kappa shape index (κ1) is 13.4. The van der Waals surface area contributed by atoms with Crippen molar-refractivity contribution in [1.82, 2.24) is 4.40 Å². The topological polar surface area (TPSA) is 47.8 Å². The molecule has 0 unspecified atom stereocenters. The standard InChI is InChI=1S/C17H15NO3/c1-3-21-17(20)14-10-15(11(2)19)18-9-8-12-6-4-5-7-13(12)16(14)18/h4-10H,3H2,1-2H3. The number of fused-ring (bicyclic) bond motifs is 3. The number of nitrogens with zero attached hydrogens (tertiary/aromatic N) is 1. The smallest absolute Gasteiger partial charge is 0.340 e. The van der Waals surface area contributed by atoms with Gasteiger partial charge in [0.1, 0.15) is 0 Å². The summed E-state index contributed by atoms with van der Waals surface area (Å²) in [6.45, 7) is 3.56. The van der Waals surface area contributed by atoms with Crippen LogP contribution in [0.5, 0.6) is 0 Å². The van der Waals surface area contributed by atoms with Crippen LogP contribution >= 0.6 is 0 Å². The Labute approximate surface area is 121 Å². The first-order valence-corrected chi connectivity index (χ1v) is 6.84. The van der Waals surface area contributed by atoms with E-state index in [2.05, 4.69) is 0 Å². The molecule has 0 N–H and O–H groups in total. The molecule has 0 radical (unpaired) electrons. The highest BCUT2D eigenvalue weighted by Gasteiger charge is 2.20. The highest BCUT2D eigenvalue weighted by molar-refractivity contribution is 6.10. The van der Waals surface area contributed by atoms with Gasteiger partial charge in [-0.15, -0.1) is 0 Å². The van der Waals surface area contributed by atoms with Gasteiger partial charge in [-0.05, 0) is 24.4 Å². The van der Waals surface area contributed by atoms with Gasteiger partial charge in [0.05, 0.1) is 23.4 Å². The lowest BCUT2D eigenvalue weighted by Crippen LogP contribution is -2.04. The lowest BCUT2D eigenvalue weighted by molar-refractivity contribution is 0.0529. The summed E-state index contributed by atoms with van der Waals surface area (Å²) in [6.07, 6.45) is 1.82. The average Bonchev–Trinajstić information content (AvgIpc) is 2.87. The van der Waals surface area contributed by atoms with Gasteiger partial charge in [-0.2, -0.15) is 0 Å². The number of carbonyl (C=O) groups excluding carboxylic acids is 2. The molecule has 0 spiro atoms. The maximum Gasteiger partial charge on any atom is 0.340 e. The molecule has 4 nitrogen and oxygen atoms in total. The molecule has 0 aliphatic carbocycles. The number of carbonyl (C=O) groups is 2. The Hall–Kier alpha value is -2.62. The molecule has 0 bridgehead atoms. The lowest BCUT2D eigenvalue weighted by Gasteiger charge is -2.05. The summed E-state index contributed by atoms with van der Waals surface area (Å²) in [6, 6.07) is 11.3. The largest absolute Gasteiger partial charge is 0.462 e. The molecule has 106 valence electrons. The summed E-state index contributed by atoms with van der Waals surface area (Å²) in [4.78, 5) is 24.0. The molecule has 1 aromatic carbocycles. The van der Waals surface area contributed by atoms with Crippen LogP contribution in [0.3, 0.4) is 0 Å². The summed E-state index contributed by atoms with van der Waals surface area (Å²) in [5, 5.41) is 1.94. The predicted molar refractivity (Wildman–Crippen MR) is 80.9 cm³/mol. The molecule has 2 aromatic heterocycles. The van der Waals surface area contributed by atoms with Crippen LogP contribution in [-0.4, -0.2) is 22.8 Å². The molecular formula is C17H15NO3. The Morgan fingerprint density at radius 3 is 2.67 bits per heavy atom. The van der Waals surface area contributed by atoms with E-state index in [-0.39, 0.29) is 5.78 Å². The van der Waals surface area contributed by atoms with E-state index in [0.717, 1.165) is 16.3 Å². The molecule has 0 amide bonds. The average molecular weight is 281 g/mol. The first-order valence-electron chi connectivity index (χ1n) is 6.84. The minimum Gasteiger partial charge on any atom is -0.462 e. The number of ether oxygens (including phenoxy) is 1. The maximum absolute atomic E-state index is 12.2. The molecule has 0 fully saturated rings. The summed E-state index contributed by atoms with van der Waals surface area (Å²) in [5.41, 5.74) is 1.63. The molecule has 0 atom stereocenters. The molecule has 21 heavy (non-hydrogen) atoms. The third-order valence-corrected chi connectivity index (χ3v) is 3.51. The predicted octanol–water partition coefficient (Wildman–Crippen LogP) is 3.47. The molecule has 3 aromatic rings. The van der Waals surface area contributed by atoms with Crippen molar-refractivity contribution in [1.29, 1.82) is 0 Å². The van der Waals surface area contributed by atoms with Gasteiger partial charge in [0.15, 0.2) is 5.78 Å². The minimum atomic E-state index is -0.404. The van der Waals surface area contributed by atoms with Gasteiger partial charge in [0, 0.05) is 18.5 Å². The fourth-order valence-electron chi connectivity index (χ4n) is 2.60. The number of hydrogen-bond donors (Lipinski definition) is 0. The highest BCUT2D eigenvalue weighted by Crippen LogP contribution is 2.27. The molecular weight excluding hydrogens is 266 g/mol. The third-order valence-electron chi connectivity index (χ3n) is 3.51. The van der Waals surface area contributed by atoms with E-state index in [9.17, 15) is 9.59 Å². The van der Waals surface area contributed by atoms with Crippen LogP contribution in [-0.2, 0) is 4.74 Å². The van der Waals surface area contributed by atoms with Gasteiger partial charge in [-0.3, -0.25) is 4.79 Å². The normalized spacial score (nSPS) is 11.0. The fraction of sp³-hybridized carbons (Fsp3) is 0.176. The van der Waals surface area contributed by atoms with E-state index in [1.807, 2.05) is 36.5 Å². The maximum atomic E-state index is 12.2. The monoisotopic (exact) mass is 281 g/mol. The second-order valence-corrected chi connectivity index (χ2v) is 4.84. The highest BCUT2D eigenvalue weighted by atomic mass is 16.5. The Bertz CT molecular complexity index is 861. The van der Waals surface area contributed by atoms with Crippen molar-refractivity contribution in [2.45, 2.75) is 13.8 Å². The number of ketones is 1. The zero-order valence-corrected chi connectivity index (χ0v) is 11.9. The van der Waals surface area contributed by atoms with Crippen molar-refractivity contribution in [3.05, 3.63) is 53.9 Å². The second kappa shape index (κ2) is 5.05. The van der Waals surface area contributed by atoms with E-state index < -0.39 is 5.97 Å². The Kier molecular flexibility index (Phi) is 3.22. The number of Topliss-reactive ketones (excluding diaryl/α,β-unsaturated/α-hetero) is 1. The molecule has 0 saturated carbocycles. The van der Waals surface area contributed by atoms with Gasteiger partial charge in [0.2, 0.25) is 0 Å². The van der Waals surface area contributed by atoms with Crippen LogP contribution in [0.15, 0.2) is 42.6 Å². The second-order valence-electron chi connectivity index (χ2n) is 4.84. The third kappa shape index (κ3) is 2.09. The molecule has 3 rings (SSSR count). The molecule has 4 heteroatoms. The molecule has 0 aliphatic heterocycles. The minimum absolute atomic E-state index is 0.0872. The zero-order chi connectivity index (χ0) is 15.0. The van der Waals surface area contributed by atoms with E-state index in [1.165, 1.54) is 6.92 Å². The van der Waals surface area contributed by atoms with Gasteiger partial charge in [0.25, 0.3) is 0 Å². The number of pyridine rings is 1.